The first-order chi connectivity index (χ1) is 7.46. The third-order valence-electron chi connectivity index (χ3n) is 3.49. The first kappa shape index (κ1) is 12.1. The molecule has 94 valence electrons. The molecule has 0 saturated carbocycles. The maximum absolute atomic E-state index is 12.0. The van der Waals surface area contributed by atoms with Gasteiger partial charge in [-0.3, -0.25) is 9.80 Å². The Hall–Kier alpha value is -0.330. The quantitative estimate of drug-likeness (QED) is 0.783. The number of aliphatic hydroxyl groups is 1. The fraction of sp³-hybridized carbons (Fsp3) is 1.00. The lowest BCUT2D eigenvalue weighted by atomic mass is 9.99. The number of fused-ring (bicyclic) bond motifs is 3. The lowest BCUT2D eigenvalue weighted by molar-refractivity contribution is -0.144. The molecule has 3 saturated heterocycles. The summed E-state index contributed by atoms with van der Waals surface area (Å²) in [6, 6.07) is -0.107. The van der Waals surface area contributed by atoms with Gasteiger partial charge in [-0.1, -0.05) is 0 Å². The number of rotatable bonds is 3. The van der Waals surface area contributed by atoms with E-state index in [2.05, 4.69) is 9.80 Å². The van der Waals surface area contributed by atoms with Crippen LogP contribution in [-0.2, 0) is 0 Å². The minimum Gasteiger partial charge on any atom is -0.391 e. The van der Waals surface area contributed by atoms with Crippen molar-refractivity contribution < 1.29 is 18.3 Å². The predicted octanol–water partition coefficient (Wildman–Crippen LogP) is 0.690. The van der Waals surface area contributed by atoms with Crippen LogP contribution >= 0.6 is 0 Å². The Bertz CT molecular complexity index is 239. The summed E-state index contributed by atoms with van der Waals surface area (Å²) in [6.45, 7) is 4.39. The lowest BCUT2D eigenvalue weighted by Gasteiger charge is -2.49. The van der Waals surface area contributed by atoms with E-state index in [1.165, 1.54) is 0 Å². The number of hydrogen-bond acceptors (Lipinski definition) is 3. The molecule has 16 heavy (non-hydrogen) atoms. The van der Waals surface area contributed by atoms with Crippen molar-refractivity contribution >= 4 is 0 Å². The van der Waals surface area contributed by atoms with Gasteiger partial charge >= 0.3 is 6.18 Å². The highest BCUT2D eigenvalue weighted by Crippen LogP contribution is 2.26. The lowest BCUT2D eigenvalue weighted by Crippen LogP contribution is -2.64. The number of piperazine rings is 3. The molecule has 0 aromatic heterocycles. The molecular weight excluding hydrogens is 221 g/mol. The van der Waals surface area contributed by atoms with Crippen molar-refractivity contribution in [1.29, 1.82) is 0 Å². The van der Waals surface area contributed by atoms with Gasteiger partial charge < -0.3 is 5.11 Å². The zero-order chi connectivity index (χ0) is 11.8. The van der Waals surface area contributed by atoms with Crippen LogP contribution in [0, 0.1) is 0 Å². The molecule has 0 radical (unpaired) electrons. The van der Waals surface area contributed by atoms with Crippen LogP contribution in [0.2, 0.25) is 0 Å². The highest BCUT2D eigenvalue weighted by Gasteiger charge is 2.37. The van der Waals surface area contributed by atoms with Gasteiger partial charge in [0.05, 0.1) is 6.10 Å². The topological polar surface area (TPSA) is 26.7 Å². The van der Waals surface area contributed by atoms with E-state index in [9.17, 15) is 18.3 Å². The smallest absolute Gasteiger partial charge is 0.389 e. The van der Waals surface area contributed by atoms with Gasteiger partial charge in [-0.25, -0.2) is 0 Å². The largest absolute Gasteiger partial charge is 0.391 e. The molecule has 0 aromatic rings. The number of nitrogens with zero attached hydrogens (tertiary/aromatic N) is 2. The van der Waals surface area contributed by atoms with Gasteiger partial charge in [0.15, 0.2) is 0 Å². The van der Waals surface area contributed by atoms with Crippen molar-refractivity contribution in [2.75, 3.05) is 32.7 Å². The fourth-order valence-electron chi connectivity index (χ4n) is 2.53. The van der Waals surface area contributed by atoms with Gasteiger partial charge in [0.25, 0.3) is 0 Å². The third kappa shape index (κ3) is 2.87. The van der Waals surface area contributed by atoms with Crippen LogP contribution in [0.15, 0.2) is 0 Å². The molecule has 3 heterocycles. The number of halogens is 3. The summed E-state index contributed by atoms with van der Waals surface area (Å²) in [5.74, 6) is 0. The van der Waals surface area contributed by atoms with Crippen LogP contribution in [0.25, 0.3) is 0 Å². The molecule has 2 atom stereocenters. The molecule has 0 spiro atoms. The Morgan fingerprint density at radius 3 is 2.25 bits per heavy atom. The van der Waals surface area contributed by atoms with E-state index in [0.717, 1.165) is 26.2 Å². The summed E-state index contributed by atoms with van der Waals surface area (Å²) in [6.07, 6.45) is -6.09. The Kier molecular flexibility index (Phi) is 3.42. The molecule has 2 bridgehead atoms. The Labute approximate surface area is 92.8 Å². The molecule has 0 aliphatic carbocycles. The second kappa shape index (κ2) is 4.50. The van der Waals surface area contributed by atoms with Crippen molar-refractivity contribution in [3.8, 4) is 0 Å². The zero-order valence-corrected chi connectivity index (χ0v) is 9.08. The van der Waals surface area contributed by atoms with Crippen molar-refractivity contribution in [2.45, 2.75) is 31.2 Å². The van der Waals surface area contributed by atoms with Gasteiger partial charge in [-0.15, -0.1) is 0 Å². The normalized spacial score (nSPS) is 36.4. The van der Waals surface area contributed by atoms with Gasteiger partial charge in [0.2, 0.25) is 0 Å². The second-order valence-electron chi connectivity index (χ2n) is 4.63. The van der Waals surface area contributed by atoms with E-state index < -0.39 is 18.7 Å². The molecule has 3 aliphatic heterocycles. The number of alkyl halides is 3. The molecule has 6 heteroatoms. The first-order valence-corrected chi connectivity index (χ1v) is 5.67. The van der Waals surface area contributed by atoms with Crippen LogP contribution in [0.5, 0.6) is 0 Å². The summed E-state index contributed by atoms with van der Waals surface area (Å²) in [7, 11) is 0. The van der Waals surface area contributed by atoms with E-state index in [4.69, 9.17) is 0 Å². The summed E-state index contributed by atoms with van der Waals surface area (Å²) < 4.78 is 36.1. The van der Waals surface area contributed by atoms with Crippen LogP contribution < -0.4 is 0 Å². The van der Waals surface area contributed by atoms with E-state index >= 15 is 0 Å². The molecule has 3 fully saturated rings. The third-order valence-corrected chi connectivity index (χ3v) is 3.49. The molecule has 0 amide bonds. The zero-order valence-electron chi connectivity index (χ0n) is 9.08. The van der Waals surface area contributed by atoms with Crippen molar-refractivity contribution in [3.63, 3.8) is 0 Å². The number of aliphatic hydroxyl groups excluding tert-OH is 1. The maximum Gasteiger partial charge on any atom is 0.389 e. The predicted molar refractivity (Wildman–Crippen MR) is 53.1 cm³/mol. The molecule has 3 rings (SSSR count). The van der Waals surface area contributed by atoms with Gasteiger partial charge in [-0.05, 0) is 6.42 Å². The molecule has 2 unspecified atom stereocenters. The Morgan fingerprint density at radius 2 is 1.81 bits per heavy atom. The average Bonchev–Trinajstić information content (AvgIpc) is 2.26. The van der Waals surface area contributed by atoms with Gasteiger partial charge in [-0.2, -0.15) is 13.2 Å². The van der Waals surface area contributed by atoms with E-state index in [1.807, 2.05) is 0 Å². The highest BCUT2D eigenvalue weighted by molar-refractivity contribution is 4.91. The molecule has 3 nitrogen and oxygen atoms in total. The van der Waals surface area contributed by atoms with Crippen molar-refractivity contribution in [2.24, 2.45) is 0 Å². The maximum atomic E-state index is 12.0. The minimum absolute atomic E-state index is 0.107. The van der Waals surface area contributed by atoms with E-state index in [-0.39, 0.29) is 12.5 Å². The monoisotopic (exact) mass is 238 g/mol. The van der Waals surface area contributed by atoms with Crippen molar-refractivity contribution in [3.05, 3.63) is 0 Å². The summed E-state index contributed by atoms with van der Waals surface area (Å²) in [5, 5.41) is 9.79. The standard InChI is InChI=1S/C10H17F3N2O/c11-10(12,13)2-1-9(16)8-7-14-3-5-15(8)6-4-14/h8-9,16H,1-7H2. The Morgan fingerprint density at radius 1 is 1.19 bits per heavy atom. The number of hydrogen-bond donors (Lipinski definition) is 1. The molecule has 0 aromatic carbocycles. The first-order valence-electron chi connectivity index (χ1n) is 5.67. The second-order valence-corrected chi connectivity index (χ2v) is 4.63. The van der Waals surface area contributed by atoms with E-state index in [1.54, 1.807) is 0 Å². The van der Waals surface area contributed by atoms with Crippen LogP contribution in [0.3, 0.4) is 0 Å². The average molecular weight is 238 g/mol. The molecule has 3 aliphatic rings. The summed E-state index contributed by atoms with van der Waals surface area (Å²) >= 11 is 0. The van der Waals surface area contributed by atoms with Crippen molar-refractivity contribution in [1.82, 2.24) is 9.80 Å². The van der Waals surface area contributed by atoms with Gasteiger partial charge in [0, 0.05) is 45.2 Å². The van der Waals surface area contributed by atoms with Crippen LogP contribution in [0.4, 0.5) is 13.2 Å². The highest BCUT2D eigenvalue weighted by atomic mass is 19.4. The molecular formula is C10H17F3N2O. The SMILES string of the molecule is OC(CCC(F)(F)F)C1CN2CCN1CC2. The van der Waals surface area contributed by atoms with E-state index in [0.29, 0.717) is 6.54 Å². The van der Waals surface area contributed by atoms with Crippen LogP contribution in [0.1, 0.15) is 12.8 Å². The summed E-state index contributed by atoms with van der Waals surface area (Å²) in [5.41, 5.74) is 0. The minimum atomic E-state index is -4.16. The fourth-order valence-corrected chi connectivity index (χ4v) is 2.53. The molecule has 1 N–H and O–H groups in total. The van der Waals surface area contributed by atoms with Crippen LogP contribution in [-0.4, -0.2) is 66.0 Å². The van der Waals surface area contributed by atoms with Gasteiger partial charge in [0.1, 0.15) is 0 Å². The Balaban J connectivity index is 1.83. The summed E-state index contributed by atoms with van der Waals surface area (Å²) in [4.78, 5) is 4.32.